The van der Waals surface area contributed by atoms with E-state index in [1.54, 1.807) is 7.11 Å². The molecule has 2 aliphatic heterocycles. The third-order valence-electron chi connectivity index (χ3n) is 5.17. The minimum atomic E-state index is -0.976. The zero-order chi connectivity index (χ0) is 18.2. The molecule has 1 aromatic rings. The summed E-state index contributed by atoms with van der Waals surface area (Å²) in [5, 5.41) is 9.84. The molecular weight excluding hydrogens is 351 g/mol. The molecule has 2 atom stereocenters. The summed E-state index contributed by atoms with van der Waals surface area (Å²) in [6.45, 7) is 2.68. The number of nitrogens with zero attached hydrogens (tertiary/aromatic N) is 2. The van der Waals surface area contributed by atoms with E-state index in [1.165, 1.54) is 17.0 Å². The molecule has 0 unspecified atom stereocenters. The van der Waals surface area contributed by atoms with E-state index >= 15 is 0 Å². The number of methoxy groups -OCH3 is 1. The van der Waals surface area contributed by atoms with Crippen LogP contribution in [0.15, 0.2) is 18.2 Å². The van der Waals surface area contributed by atoms with Crippen molar-refractivity contribution in [3.8, 4) is 0 Å². The molecule has 2 fully saturated rings. The highest BCUT2D eigenvalue weighted by molar-refractivity contribution is 6.33. The topological polar surface area (TPSA) is 70.1 Å². The molecule has 1 aromatic carbocycles. The van der Waals surface area contributed by atoms with E-state index in [1.807, 2.05) is 0 Å². The number of likely N-dealkylation sites (tertiary alicyclic amines) is 2. The van der Waals surface area contributed by atoms with Gasteiger partial charge >= 0.3 is 5.97 Å². The smallest absolute Gasteiger partial charge is 0.313 e. The van der Waals surface area contributed by atoms with E-state index in [0.29, 0.717) is 32.8 Å². The second-order valence-corrected chi connectivity index (χ2v) is 7.10. The van der Waals surface area contributed by atoms with E-state index in [-0.39, 0.29) is 29.0 Å². The maximum Gasteiger partial charge on any atom is 0.313 e. The molecule has 1 N–H and O–H groups in total. The van der Waals surface area contributed by atoms with Crippen LogP contribution in [0.3, 0.4) is 0 Å². The summed E-state index contributed by atoms with van der Waals surface area (Å²) in [7, 11) is 1.61. The first-order chi connectivity index (χ1) is 11.9. The van der Waals surface area contributed by atoms with E-state index in [4.69, 9.17) is 16.3 Å². The van der Waals surface area contributed by atoms with Crippen LogP contribution in [0.5, 0.6) is 0 Å². The monoisotopic (exact) mass is 370 g/mol. The fourth-order valence-corrected chi connectivity index (χ4v) is 4.10. The van der Waals surface area contributed by atoms with Crippen LogP contribution < -0.4 is 0 Å². The van der Waals surface area contributed by atoms with Gasteiger partial charge in [0, 0.05) is 45.8 Å². The molecule has 0 spiro atoms. The molecule has 0 radical (unpaired) electrons. The van der Waals surface area contributed by atoms with Gasteiger partial charge in [0.05, 0.1) is 17.2 Å². The van der Waals surface area contributed by atoms with E-state index in [0.717, 1.165) is 6.07 Å². The van der Waals surface area contributed by atoms with Gasteiger partial charge in [-0.15, -0.1) is 0 Å². The Morgan fingerprint density at radius 1 is 1.40 bits per heavy atom. The molecule has 0 saturated carbocycles. The standard InChI is InChI=1S/C17H20ClFN2O4/c1-25-5-4-20-7-11-8-21(10-17(11,9-20)16(23)24)15(22)13-3-2-12(19)6-14(13)18/h2-3,6,11H,4-5,7-10H2,1H3,(H,23,24)/t11-,17-/m1/s1. The summed E-state index contributed by atoms with van der Waals surface area (Å²) < 4.78 is 18.2. The summed E-state index contributed by atoms with van der Waals surface area (Å²) >= 11 is 5.98. The number of aliphatic carboxylic acids is 1. The number of ether oxygens (including phenoxy) is 1. The Morgan fingerprint density at radius 3 is 2.76 bits per heavy atom. The molecule has 136 valence electrons. The third-order valence-corrected chi connectivity index (χ3v) is 5.48. The molecule has 25 heavy (non-hydrogen) atoms. The Bertz CT molecular complexity index is 701. The van der Waals surface area contributed by atoms with Gasteiger partial charge in [-0.25, -0.2) is 4.39 Å². The van der Waals surface area contributed by atoms with Crippen LogP contribution in [0.2, 0.25) is 5.02 Å². The van der Waals surface area contributed by atoms with Crippen LogP contribution in [-0.4, -0.2) is 73.2 Å². The number of carbonyl (C=O) groups excluding carboxylic acids is 1. The summed E-state index contributed by atoms with van der Waals surface area (Å²) in [5.74, 6) is -1.91. The maximum absolute atomic E-state index is 13.2. The lowest BCUT2D eigenvalue weighted by Gasteiger charge is -2.25. The highest BCUT2D eigenvalue weighted by atomic mass is 35.5. The lowest BCUT2D eigenvalue weighted by atomic mass is 9.81. The highest BCUT2D eigenvalue weighted by Gasteiger charge is 2.58. The molecule has 0 aliphatic carbocycles. The van der Waals surface area contributed by atoms with Crippen molar-refractivity contribution < 1.29 is 23.8 Å². The number of hydrogen-bond donors (Lipinski definition) is 1. The van der Waals surface area contributed by atoms with Crippen LogP contribution in [0, 0.1) is 17.2 Å². The zero-order valence-corrected chi connectivity index (χ0v) is 14.6. The normalized spacial score (nSPS) is 26.0. The van der Waals surface area contributed by atoms with Crippen LogP contribution in [0.1, 0.15) is 10.4 Å². The first kappa shape index (κ1) is 18.1. The lowest BCUT2D eigenvalue weighted by Crippen LogP contribution is -2.42. The largest absolute Gasteiger partial charge is 0.481 e. The molecule has 2 heterocycles. The van der Waals surface area contributed by atoms with Crippen molar-refractivity contribution >= 4 is 23.5 Å². The van der Waals surface area contributed by atoms with E-state index in [2.05, 4.69) is 4.90 Å². The fourth-order valence-electron chi connectivity index (χ4n) is 3.85. The minimum Gasteiger partial charge on any atom is -0.481 e. The Morgan fingerprint density at radius 2 is 2.16 bits per heavy atom. The number of carboxylic acids is 1. The number of fused-ring (bicyclic) bond motifs is 1. The number of carbonyl (C=O) groups is 2. The van der Waals surface area contributed by atoms with Crippen LogP contribution >= 0.6 is 11.6 Å². The molecule has 2 aliphatic rings. The first-order valence-corrected chi connectivity index (χ1v) is 8.44. The zero-order valence-electron chi connectivity index (χ0n) is 13.9. The summed E-state index contributed by atoms with van der Waals surface area (Å²) in [6.07, 6.45) is 0. The van der Waals surface area contributed by atoms with Gasteiger partial charge in [-0.3, -0.25) is 14.5 Å². The van der Waals surface area contributed by atoms with E-state index < -0.39 is 17.2 Å². The lowest BCUT2D eigenvalue weighted by molar-refractivity contribution is -0.148. The van der Waals surface area contributed by atoms with Crippen LogP contribution in [-0.2, 0) is 9.53 Å². The molecule has 0 aromatic heterocycles. The Hall–Kier alpha value is -1.70. The van der Waals surface area contributed by atoms with Gasteiger partial charge < -0.3 is 14.7 Å². The number of benzene rings is 1. The van der Waals surface area contributed by atoms with Gasteiger partial charge in [-0.1, -0.05) is 11.6 Å². The Labute approximate surface area is 150 Å². The van der Waals surface area contributed by atoms with Gasteiger partial charge in [0.15, 0.2) is 0 Å². The van der Waals surface area contributed by atoms with Crippen molar-refractivity contribution in [1.29, 1.82) is 0 Å². The van der Waals surface area contributed by atoms with Crippen LogP contribution in [0.4, 0.5) is 4.39 Å². The first-order valence-electron chi connectivity index (χ1n) is 8.06. The van der Waals surface area contributed by atoms with Gasteiger partial charge in [0.25, 0.3) is 5.91 Å². The molecule has 2 saturated heterocycles. The molecule has 8 heteroatoms. The Balaban J connectivity index is 1.78. The second kappa shape index (κ2) is 6.90. The summed E-state index contributed by atoms with van der Waals surface area (Å²) in [6, 6.07) is 3.60. The predicted molar refractivity (Wildman–Crippen MR) is 89.2 cm³/mol. The van der Waals surface area contributed by atoms with Gasteiger partial charge in [-0.2, -0.15) is 0 Å². The van der Waals surface area contributed by atoms with Crippen molar-refractivity contribution in [1.82, 2.24) is 9.80 Å². The fraction of sp³-hybridized carbons (Fsp3) is 0.529. The van der Waals surface area contributed by atoms with E-state index in [9.17, 15) is 19.1 Å². The summed E-state index contributed by atoms with van der Waals surface area (Å²) in [5.41, 5.74) is -0.782. The quantitative estimate of drug-likeness (QED) is 0.852. The average molecular weight is 371 g/mol. The molecule has 1 amide bonds. The molecule has 0 bridgehead atoms. The number of halogens is 2. The minimum absolute atomic E-state index is 0.0353. The highest BCUT2D eigenvalue weighted by Crippen LogP contribution is 2.43. The molecular formula is C17H20ClFN2O4. The number of amides is 1. The summed E-state index contributed by atoms with van der Waals surface area (Å²) in [4.78, 5) is 28.3. The van der Waals surface area contributed by atoms with Crippen molar-refractivity contribution in [2.75, 3.05) is 46.4 Å². The van der Waals surface area contributed by atoms with Crippen LogP contribution in [0.25, 0.3) is 0 Å². The van der Waals surface area contributed by atoms with Crippen molar-refractivity contribution in [3.63, 3.8) is 0 Å². The third kappa shape index (κ3) is 3.23. The number of hydrogen-bond acceptors (Lipinski definition) is 4. The van der Waals surface area contributed by atoms with Gasteiger partial charge in [-0.05, 0) is 18.2 Å². The number of carboxylic acid groups (broad SMARTS) is 1. The second-order valence-electron chi connectivity index (χ2n) is 6.70. The molecule has 3 rings (SSSR count). The van der Waals surface area contributed by atoms with Gasteiger partial charge in [0.1, 0.15) is 11.2 Å². The molecule has 6 nitrogen and oxygen atoms in total. The SMILES string of the molecule is COCCN1C[C@@H]2CN(C(=O)c3ccc(F)cc3Cl)C[C@]2(C(=O)O)C1. The van der Waals surface area contributed by atoms with Crippen molar-refractivity contribution in [2.45, 2.75) is 0 Å². The average Bonchev–Trinajstić information content (AvgIpc) is 3.07. The number of rotatable bonds is 5. The van der Waals surface area contributed by atoms with Gasteiger partial charge in [0.2, 0.25) is 0 Å². The predicted octanol–water partition coefficient (Wildman–Crippen LogP) is 1.58. The van der Waals surface area contributed by atoms with Crippen molar-refractivity contribution in [2.24, 2.45) is 11.3 Å². The Kier molecular flexibility index (Phi) is 4.99. The maximum atomic E-state index is 13.2. The van der Waals surface area contributed by atoms with Crippen molar-refractivity contribution in [3.05, 3.63) is 34.6 Å².